The SMILES string of the molecule is Cc1noc(Cc2ccc([N+](=O)[O-])cc2)n1. The topological polar surface area (TPSA) is 82.1 Å². The van der Waals surface area contributed by atoms with Crippen LogP contribution in [0.3, 0.4) is 0 Å². The highest BCUT2D eigenvalue weighted by Gasteiger charge is 2.07. The zero-order chi connectivity index (χ0) is 11.5. The molecule has 0 aliphatic rings. The summed E-state index contributed by atoms with van der Waals surface area (Å²) in [5, 5.41) is 14.1. The second-order valence-corrected chi connectivity index (χ2v) is 3.34. The summed E-state index contributed by atoms with van der Waals surface area (Å²) < 4.78 is 4.95. The Morgan fingerprint density at radius 3 is 2.56 bits per heavy atom. The van der Waals surface area contributed by atoms with Gasteiger partial charge in [0.25, 0.3) is 5.69 Å². The molecular formula is C10H9N3O3. The number of nitro benzene ring substituents is 1. The highest BCUT2D eigenvalue weighted by atomic mass is 16.6. The quantitative estimate of drug-likeness (QED) is 0.581. The van der Waals surface area contributed by atoms with Gasteiger partial charge in [0.05, 0.1) is 11.3 Å². The van der Waals surface area contributed by atoms with Gasteiger partial charge in [-0.1, -0.05) is 17.3 Å². The molecule has 1 aromatic carbocycles. The van der Waals surface area contributed by atoms with E-state index in [9.17, 15) is 10.1 Å². The van der Waals surface area contributed by atoms with Gasteiger partial charge >= 0.3 is 0 Å². The summed E-state index contributed by atoms with van der Waals surface area (Å²) in [6.45, 7) is 1.74. The first-order valence-corrected chi connectivity index (χ1v) is 4.67. The van der Waals surface area contributed by atoms with Crippen molar-refractivity contribution in [3.8, 4) is 0 Å². The molecule has 0 N–H and O–H groups in total. The van der Waals surface area contributed by atoms with Gasteiger partial charge in [0.2, 0.25) is 5.89 Å². The average Bonchev–Trinajstić information content (AvgIpc) is 2.65. The van der Waals surface area contributed by atoms with E-state index in [1.807, 2.05) is 0 Å². The lowest BCUT2D eigenvalue weighted by molar-refractivity contribution is -0.384. The summed E-state index contributed by atoms with van der Waals surface area (Å²) in [6.07, 6.45) is 0.485. The Morgan fingerprint density at radius 1 is 1.38 bits per heavy atom. The van der Waals surface area contributed by atoms with Crippen LogP contribution in [-0.2, 0) is 6.42 Å². The third-order valence-corrected chi connectivity index (χ3v) is 2.07. The second-order valence-electron chi connectivity index (χ2n) is 3.34. The van der Waals surface area contributed by atoms with Crippen LogP contribution < -0.4 is 0 Å². The molecule has 82 valence electrons. The predicted molar refractivity (Wildman–Crippen MR) is 54.9 cm³/mol. The molecule has 2 rings (SSSR count). The van der Waals surface area contributed by atoms with E-state index in [-0.39, 0.29) is 5.69 Å². The van der Waals surface area contributed by atoms with Crippen molar-refractivity contribution in [2.45, 2.75) is 13.3 Å². The van der Waals surface area contributed by atoms with Crippen LogP contribution in [0.1, 0.15) is 17.3 Å². The molecule has 1 aromatic heterocycles. The Morgan fingerprint density at radius 2 is 2.06 bits per heavy atom. The summed E-state index contributed by atoms with van der Waals surface area (Å²) in [5.74, 6) is 1.09. The number of hydrogen-bond acceptors (Lipinski definition) is 5. The van der Waals surface area contributed by atoms with Crippen LogP contribution in [0.15, 0.2) is 28.8 Å². The molecule has 6 heteroatoms. The van der Waals surface area contributed by atoms with Gasteiger partial charge in [-0.15, -0.1) is 0 Å². The molecule has 0 radical (unpaired) electrons. The van der Waals surface area contributed by atoms with Crippen LogP contribution in [0.5, 0.6) is 0 Å². The number of aromatic nitrogens is 2. The van der Waals surface area contributed by atoms with Gasteiger partial charge in [0.1, 0.15) is 0 Å². The fraction of sp³-hybridized carbons (Fsp3) is 0.200. The molecule has 0 aliphatic carbocycles. The molecule has 0 saturated heterocycles. The monoisotopic (exact) mass is 219 g/mol. The summed E-state index contributed by atoms with van der Waals surface area (Å²) in [5.41, 5.74) is 0.972. The largest absolute Gasteiger partial charge is 0.339 e. The van der Waals surface area contributed by atoms with Crippen molar-refractivity contribution in [1.82, 2.24) is 10.1 Å². The van der Waals surface area contributed by atoms with Crippen molar-refractivity contribution < 1.29 is 9.45 Å². The van der Waals surface area contributed by atoms with Gasteiger partial charge in [-0.05, 0) is 12.5 Å². The van der Waals surface area contributed by atoms with Crippen molar-refractivity contribution in [1.29, 1.82) is 0 Å². The Labute approximate surface area is 91.1 Å². The van der Waals surface area contributed by atoms with E-state index in [1.54, 1.807) is 19.1 Å². The highest BCUT2D eigenvalue weighted by molar-refractivity contribution is 5.33. The molecule has 0 unspecified atom stereocenters. The van der Waals surface area contributed by atoms with E-state index in [0.717, 1.165) is 5.56 Å². The number of hydrogen-bond donors (Lipinski definition) is 0. The first-order chi connectivity index (χ1) is 7.65. The van der Waals surface area contributed by atoms with Crippen LogP contribution in [0.2, 0.25) is 0 Å². The van der Waals surface area contributed by atoms with Crippen LogP contribution >= 0.6 is 0 Å². The van der Waals surface area contributed by atoms with Crippen molar-refractivity contribution in [2.75, 3.05) is 0 Å². The second kappa shape index (κ2) is 4.09. The van der Waals surface area contributed by atoms with E-state index in [0.29, 0.717) is 18.1 Å². The number of nitrogens with zero attached hydrogens (tertiary/aromatic N) is 3. The van der Waals surface area contributed by atoms with E-state index < -0.39 is 4.92 Å². The van der Waals surface area contributed by atoms with E-state index in [1.165, 1.54) is 12.1 Å². The zero-order valence-electron chi connectivity index (χ0n) is 8.58. The maximum Gasteiger partial charge on any atom is 0.269 e. The highest BCUT2D eigenvalue weighted by Crippen LogP contribution is 2.14. The molecule has 0 saturated carbocycles. The van der Waals surface area contributed by atoms with Crippen LogP contribution in [0.4, 0.5) is 5.69 Å². The third kappa shape index (κ3) is 2.22. The lowest BCUT2D eigenvalue weighted by atomic mass is 10.1. The van der Waals surface area contributed by atoms with E-state index >= 15 is 0 Å². The summed E-state index contributed by atoms with van der Waals surface area (Å²) in [4.78, 5) is 14.1. The Kier molecular flexibility index (Phi) is 2.63. The van der Waals surface area contributed by atoms with Gasteiger partial charge in [-0.25, -0.2) is 0 Å². The molecule has 0 spiro atoms. The van der Waals surface area contributed by atoms with Crippen molar-refractivity contribution in [3.63, 3.8) is 0 Å². The Balaban J connectivity index is 2.14. The molecule has 2 aromatic rings. The van der Waals surface area contributed by atoms with Crippen molar-refractivity contribution in [2.24, 2.45) is 0 Å². The fourth-order valence-corrected chi connectivity index (χ4v) is 1.32. The maximum atomic E-state index is 10.4. The van der Waals surface area contributed by atoms with Gasteiger partial charge in [-0.2, -0.15) is 4.98 Å². The van der Waals surface area contributed by atoms with Gasteiger partial charge < -0.3 is 4.52 Å². The lowest BCUT2D eigenvalue weighted by Gasteiger charge is -1.95. The van der Waals surface area contributed by atoms with E-state index in [2.05, 4.69) is 10.1 Å². The molecule has 1 heterocycles. The first kappa shape index (κ1) is 10.3. The molecule has 0 fully saturated rings. The van der Waals surface area contributed by atoms with Gasteiger partial charge in [0, 0.05) is 12.1 Å². The number of aryl methyl sites for hydroxylation is 1. The normalized spacial score (nSPS) is 10.3. The number of non-ortho nitro benzene ring substituents is 1. The van der Waals surface area contributed by atoms with Crippen LogP contribution in [0, 0.1) is 17.0 Å². The fourth-order valence-electron chi connectivity index (χ4n) is 1.32. The minimum Gasteiger partial charge on any atom is -0.339 e. The molecule has 0 aliphatic heterocycles. The smallest absolute Gasteiger partial charge is 0.269 e. The number of rotatable bonds is 3. The number of nitro groups is 1. The Bertz CT molecular complexity index is 504. The van der Waals surface area contributed by atoms with Crippen LogP contribution in [0.25, 0.3) is 0 Å². The minimum atomic E-state index is -0.430. The summed E-state index contributed by atoms with van der Waals surface area (Å²) in [7, 11) is 0. The molecular weight excluding hydrogens is 210 g/mol. The number of benzene rings is 1. The van der Waals surface area contributed by atoms with E-state index in [4.69, 9.17) is 4.52 Å². The van der Waals surface area contributed by atoms with Crippen molar-refractivity contribution >= 4 is 5.69 Å². The summed E-state index contributed by atoms with van der Waals surface area (Å²) in [6, 6.07) is 6.27. The average molecular weight is 219 g/mol. The molecule has 0 atom stereocenters. The molecule has 0 bridgehead atoms. The molecule has 6 nitrogen and oxygen atoms in total. The van der Waals surface area contributed by atoms with Gasteiger partial charge in [-0.3, -0.25) is 10.1 Å². The maximum absolute atomic E-state index is 10.4. The predicted octanol–water partition coefficient (Wildman–Crippen LogP) is 1.88. The standard InChI is InChI=1S/C10H9N3O3/c1-7-11-10(16-12-7)6-8-2-4-9(5-3-8)13(14)15/h2-5H,6H2,1H3. The Hall–Kier alpha value is -2.24. The van der Waals surface area contributed by atoms with Gasteiger partial charge in [0.15, 0.2) is 5.82 Å². The first-order valence-electron chi connectivity index (χ1n) is 4.67. The lowest BCUT2D eigenvalue weighted by Crippen LogP contribution is -1.91. The van der Waals surface area contributed by atoms with Crippen molar-refractivity contribution in [3.05, 3.63) is 51.7 Å². The molecule has 0 amide bonds. The minimum absolute atomic E-state index is 0.0745. The zero-order valence-corrected chi connectivity index (χ0v) is 8.58. The third-order valence-electron chi connectivity index (χ3n) is 2.07. The summed E-state index contributed by atoms with van der Waals surface area (Å²) >= 11 is 0. The molecule has 16 heavy (non-hydrogen) atoms. The van der Waals surface area contributed by atoms with Crippen LogP contribution in [-0.4, -0.2) is 15.1 Å².